The summed E-state index contributed by atoms with van der Waals surface area (Å²) < 4.78 is 5.16. The van der Waals surface area contributed by atoms with E-state index in [-0.39, 0.29) is 5.92 Å². The van der Waals surface area contributed by atoms with E-state index in [0.29, 0.717) is 10.7 Å². The van der Waals surface area contributed by atoms with Gasteiger partial charge >= 0.3 is 0 Å². The third-order valence-electron chi connectivity index (χ3n) is 2.76. The number of anilines is 1. The first-order valence-electron chi connectivity index (χ1n) is 4.92. The number of hydrogen-bond acceptors (Lipinski definition) is 3. The summed E-state index contributed by atoms with van der Waals surface area (Å²) in [6.07, 6.45) is 0. The molecule has 2 rings (SSSR count). The third kappa shape index (κ3) is 1.62. The highest BCUT2D eigenvalue weighted by atomic mass is 35.5. The van der Waals surface area contributed by atoms with Crippen LogP contribution in [0.4, 0.5) is 5.69 Å². The van der Waals surface area contributed by atoms with Gasteiger partial charge in [-0.2, -0.15) is 5.26 Å². The van der Waals surface area contributed by atoms with Crippen LogP contribution in [-0.2, 0) is 0 Å². The average molecular weight is 235 g/mol. The molecule has 1 unspecified atom stereocenters. The van der Waals surface area contributed by atoms with Crippen LogP contribution in [0.2, 0.25) is 0 Å². The minimum Gasteiger partial charge on any atom is -0.497 e. The summed E-state index contributed by atoms with van der Waals surface area (Å²) in [5.74, 6) is 0.770. The summed E-state index contributed by atoms with van der Waals surface area (Å²) in [6, 6.07) is 7.82. The second-order valence-electron chi connectivity index (χ2n) is 3.64. The SMILES string of the molecule is COc1ccc2c(c1)C(C)C(C#N)=C(Cl)N2. The lowest BCUT2D eigenvalue weighted by molar-refractivity contribution is 0.414. The van der Waals surface area contributed by atoms with Gasteiger partial charge in [0, 0.05) is 11.6 Å². The maximum Gasteiger partial charge on any atom is 0.121 e. The number of halogens is 1. The number of ether oxygens (including phenoxy) is 1. The maximum absolute atomic E-state index is 9.02. The molecule has 82 valence electrons. The fourth-order valence-electron chi connectivity index (χ4n) is 1.82. The molecule has 4 heteroatoms. The number of rotatable bonds is 1. The monoisotopic (exact) mass is 234 g/mol. The third-order valence-corrected chi connectivity index (χ3v) is 3.06. The second kappa shape index (κ2) is 4.07. The Hall–Kier alpha value is -1.66. The van der Waals surface area contributed by atoms with Crippen LogP contribution in [-0.4, -0.2) is 7.11 Å². The van der Waals surface area contributed by atoms with E-state index >= 15 is 0 Å². The van der Waals surface area contributed by atoms with E-state index in [1.165, 1.54) is 0 Å². The van der Waals surface area contributed by atoms with E-state index in [0.717, 1.165) is 17.0 Å². The van der Waals surface area contributed by atoms with Crippen molar-refractivity contribution in [2.75, 3.05) is 12.4 Å². The minimum atomic E-state index is -0.0103. The molecule has 1 N–H and O–H groups in total. The van der Waals surface area contributed by atoms with Gasteiger partial charge in [0.15, 0.2) is 0 Å². The predicted molar refractivity (Wildman–Crippen MR) is 63.5 cm³/mol. The van der Waals surface area contributed by atoms with Crippen molar-refractivity contribution in [1.29, 1.82) is 5.26 Å². The molecule has 0 fully saturated rings. The fourth-order valence-corrected chi connectivity index (χ4v) is 2.12. The van der Waals surface area contributed by atoms with E-state index in [1.807, 2.05) is 25.1 Å². The molecule has 1 aromatic carbocycles. The summed E-state index contributed by atoms with van der Waals surface area (Å²) in [6.45, 7) is 1.96. The highest BCUT2D eigenvalue weighted by Gasteiger charge is 2.24. The van der Waals surface area contributed by atoms with Gasteiger partial charge in [-0.15, -0.1) is 0 Å². The molecular weight excluding hydrogens is 224 g/mol. The van der Waals surface area contributed by atoms with Gasteiger partial charge in [-0.1, -0.05) is 18.5 Å². The highest BCUT2D eigenvalue weighted by Crippen LogP contribution is 2.39. The smallest absolute Gasteiger partial charge is 0.121 e. The van der Waals surface area contributed by atoms with Crippen LogP contribution in [0.1, 0.15) is 18.4 Å². The molecule has 1 heterocycles. The Balaban J connectivity index is 2.52. The lowest BCUT2D eigenvalue weighted by atomic mass is 9.90. The first-order valence-corrected chi connectivity index (χ1v) is 5.30. The minimum absolute atomic E-state index is 0.0103. The molecule has 0 aliphatic carbocycles. The van der Waals surface area contributed by atoms with Gasteiger partial charge in [0.25, 0.3) is 0 Å². The van der Waals surface area contributed by atoms with Crippen molar-refractivity contribution in [3.63, 3.8) is 0 Å². The topological polar surface area (TPSA) is 45.0 Å². The molecule has 0 saturated heterocycles. The number of nitrogens with one attached hydrogen (secondary N) is 1. The van der Waals surface area contributed by atoms with Crippen molar-refractivity contribution >= 4 is 17.3 Å². The molecule has 1 aliphatic heterocycles. The Bertz CT molecular complexity index is 502. The Kier molecular flexibility index (Phi) is 2.76. The van der Waals surface area contributed by atoms with Gasteiger partial charge in [-0.05, 0) is 23.8 Å². The number of fused-ring (bicyclic) bond motifs is 1. The number of benzene rings is 1. The number of nitrogens with zero attached hydrogens (tertiary/aromatic N) is 1. The van der Waals surface area contributed by atoms with Gasteiger partial charge in [-0.25, -0.2) is 0 Å². The van der Waals surface area contributed by atoms with E-state index in [4.69, 9.17) is 21.6 Å². The number of hydrogen-bond donors (Lipinski definition) is 1. The molecule has 3 nitrogen and oxygen atoms in total. The molecule has 16 heavy (non-hydrogen) atoms. The van der Waals surface area contributed by atoms with E-state index in [2.05, 4.69) is 11.4 Å². The zero-order valence-corrected chi connectivity index (χ0v) is 9.80. The van der Waals surface area contributed by atoms with Gasteiger partial charge in [0.1, 0.15) is 10.9 Å². The van der Waals surface area contributed by atoms with Gasteiger partial charge in [0.2, 0.25) is 0 Å². The fraction of sp³-hybridized carbons (Fsp3) is 0.250. The lowest BCUT2D eigenvalue weighted by Gasteiger charge is -2.24. The number of nitriles is 1. The van der Waals surface area contributed by atoms with Gasteiger partial charge in [0.05, 0.1) is 18.8 Å². The Labute approximate surface area is 99.3 Å². The molecule has 1 aliphatic rings. The number of allylic oxidation sites excluding steroid dienone is 1. The van der Waals surface area contributed by atoms with Crippen LogP contribution >= 0.6 is 11.6 Å². The quantitative estimate of drug-likeness (QED) is 0.759. The summed E-state index contributed by atoms with van der Waals surface area (Å²) in [4.78, 5) is 0. The van der Waals surface area contributed by atoms with Crippen molar-refractivity contribution in [2.45, 2.75) is 12.8 Å². The Morgan fingerprint density at radius 2 is 2.25 bits per heavy atom. The standard InChI is InChI=1S/C12H11ClN2O/c1-7-9-5-8(16-2)3-4-11(9)15-12(13)10(7)6-14/h3-5,7,15H,1-2H3. The van der Waals surface area contributed by atoms with Crippen LogP contribution < -0.4 is 10.1 Å². The van der Waals surface area contributed by atoms with Crippen molar-refractivity contribution in [3.05, 3.63) is 34.5 Å². The van der Waals surface area contributed by atoms with E-state index < -0.39 is 0 Å². The summed E-state index contributed by atoms with van der Waals surface area (Å²) in [5.41, 5.74) is 2.51. The van der Waals surface area contributed by atoms with Crippen molar-refractivity contribution in [2.24, 2.45) is 0 Å². The summed E-state index contributed by atoms with van der Waals surface area (Å²) in [5, 5.41) is 12.4. The van der Waals surface area contributed by atoms with Crippen LogP contribution in [0.3, 0.4) is 0 Å². The van der Waals surface area contributed by atoms with E-state index in [9.17, 15) is 0 Å². The maximum atomic E-state index is 9.02. The van der Waals surface area contributed by atoms with Crippen molar-refractivity contribution < 1.29 is 4.74 Å². The van der Waals surface area contributed by atoms with Gasteiger partial charge in [-0.3, -0.25) is 0 Å². The van der Waals surface area contributed by atoms with E-state index in [1.54, 1.807) is 7.11 Å². The summed E-state index contributed by atoms with van der Waals surface area (Å²) >= 11 is 5.99. The molecule has 0 amide bonds. The van der Waals surface area contributed by atoms with Gasteiger partial charge < -0.3 is 10.1 Å². The largest absolute Gasteiger partial charge is 0.497 e. The number of methoxy groups -OCH3 is 1. The molecule has 0 saturated carbocycles. The Morgan fingerprint density at radius 1 is 1.50 bits per heavy atom. The molecular formula is C12H11ClN2O. The summed E-state index contributed by atoms with van der Waals surface area (Å²) in [7, 11) is 1.62. The van der Waals surface area contributed by atoms with Crippen molar-refractivity contribution in [1.82, 2.24) is 0 Å². The van der Waals surface area contributed by atoms with Crippen LogP contribution in [0.5, 0.6) is 5.75 Å². The van der Waals surface area contributed by atoms with Crippen LogP contribution in [0.15, 0.2) is 28.9 Å². The molecule has 0 bridgehead atoms. The first-order chi connectivity index (χ1) is 7.67. The zero-order chi connectivity index (χ0) is 11.7. The van der Waals surface area contributed by atoms with Crippen LogP contribution in [0, 0.1) is 11.3 Å². The molecule has 1 atom stereocenters. The zero-order valence-electron chi connectivity index (χ0n) is 9.04. The molecule has 0 spiro atoms. The highest BCUT2D eigenvalue weighted by molar-refractivity contribution is 6.32. The lowest BCUT2D eigenvalue weighted by Crippen LogP contribution is -2.12. The predicted octanol–water partition coefficient (Wildman–Crippen LogP) is 3.20. The molecule has 0 radical (unpaired) electrons. The second-order valence-corrected chi connectivity index (χ2v) is 4.02. The van der Waals surface area contributed by atoms with Crippen molar-refractivity contribution in [3.8, 4) is 11.8 Å². The molecule has 0 aromatic heterocycles. The normalized spacial score (nSPS) is 18.5. The Morgan fingerprint density at radius 3 is 2.88 bits per heavy atom. The molecule has 1 aromatic rings. The van der Waals surface area contributed by atoms with Crippen LogP contribution in [0.25, 0.3) is 0 Å². The average Bonchev–Trinajstić information content (AvgIpc) is 2.29. The first kappa shape index (κ1) is 10.8.